The Morgan fingerprint density at radius 3 is 1.96 bits per heavy atom. The van der Waals surface area contributed by atoms with Crippen LogP contribution in [-0.4, -0.2) is 13.1 Å². The van der Waals surface area contributed by atoms with Crippen LogP contribution in [0.15, 0.2) is 54.6 Å². The fourth-order valence-corrected chi connectivity index (χ4v) is 3.28. The molecule has 0 aliphatic carbocycles. The van der Waals surface area contributed by atoms with Crippen LogP contribution in [0.3, 0.4) is 0 Å². The van der Waals surface area contributed by atoms with Gasteiger partial charge in [0.05, 0.1) is 0 Å². The van der Waals surface area contributed by atoms with Gasteiger partial charge in [-0.05, 0) is 47.2 Å². The summed E-state index contributed by atoms with van der Waals surface area (Å²) < 4.78 is 0. The highest BCUT2D eigenvalue weighted by Crippen LogP contribution is 2.31. The molecule has 3 aromatic carbocycles. The number of anilines is 1. The molecule has 0 radical (unpaired) electrons. The molecule has 23 heavy (non-hydrogen) atoms. The number of unbranched alkanes of at least 4 members (excludes halogenated alkanes) is 2. The maximum absolute atomic E-state index is 2.59. The normalized spacial score (nSPS) is 11.2. The Bertz CT molecular complexity index is 767. The van der Waals surface area contributed by atoms with E-state index in [1.165, 1.54) is 52.9 Å². The third-order valence-electron chi connectivity index (χ3n) is 4.63. The molecule has 0 saturated heterocycles. The van der Waals surface area contributed by atoms with E-state index in [1.54, 1.807) is 0 Å². The SMILES string of the molecule is CCCCN(CCCC)c1cccc2cc3ccccc3cc12. The van der Waals surface area contributed by atoms with E-state index < -0.39 is 0 Å². The van der Waals surface area contributed by atoms with Crippen LogP contribution in [0.2, 0.25) is 0 Å². The molecule has 0 amide bonds. The van der Waals surface area contributed by atoms with E-state index in [-0.39, 0.29) is 0 Å². The van der Waals surface area contributed by atoms with Crippen molar-refractivity contribution in [2.24, 2.45) is 0 Å². The number of rotatable bonds is 7. The zero-order chi connectivity index (χ0) is 16.1. The quantitative estimate of drug-likeness (QED) is 0.456. The number of hydrogen-bond acceptors (Lipinski definition) is 1. The van der Waals surface area contributed by atoms with Crippen LogP contribution in [-0.2, 0) is 0 Å². The molecule has 3 aromatic rings. The lowest BCUT2D eigenvalue weighted by Crippen LogP contribution is -2.25. The first-order chi connectivity index (χ1) is 11.3. The second kappa shape index (κ2) is 7.50. The number of fused-ring (bicyclic) bond motifs is 2. The highest BCUT2D eigenvalue weighted by molar-refractivity contribution is 6.03. The Labute approximate surface area is 139 Å². The maximum atomic E-state index is 2.59. The summed E-state index contributed by atoms with van der Waals surface area (Å²) in [6.45, 7) is 6.86. The van der Waals surface area contributed by atoms with Gasteiger partial charge < -0.3 is 4.90 Å². The van der Waals surface area contributed by atoms with Crippen molar-refractivity contribution in [1.82, 2.24) is 0 Å². The summed E-state index contributed by atoms with van der Waals surface area (Å²) in [6, 6.07) is 20.1. The second-order valence-electron chi connectivity index (χ2n) is 6.39. The van der Waals surface area contributed by atoms with Crippen molar-refractivity contribution < 1.29 is 0 Å². The van der Waals surface area contributed by atoms with Crippen LogP contribution in [0, 0.1) is 0 Å². The van der Waals surface area contributed by atoms with Gasteiger partial charge in [-0.15, -0.1) is 0 Å². The monoisotopic (exact) mass is 305 g/mol. The molecule has 3 rings (SSSR count). The third-order valence-corrected chi connectivity index (χ3v) is 4.63. The van der Waals surface area contributed by atoms with Crippen molar-refractivity contribution in [2.75, 3.05) is 18.0 Å². The molecule has 0 atom stereocenters. The Morgan fingerprint density at radius 1 is 0.696 bits per heavy atom. The van der Waals surface area contributed by atoms with Crippen molar-refractivity contribution in [2.45, 2.75) is 39.5 Å². The van der Waals surface area contributed by atoms with Crippen LogP contribution < -0.4 is 4.90 Å². The van der Waals surface area contributed by atoms with Crippen molar-refractivity contribution >= 4 is 27.2 Å². The lowest BCUT2D eigenvalue weighted by Gasteiger charge is -2.26. The van der Waals surface area contributed by atoms with E-state index in [0.717, 1.165) is 13.1 Å². The number of benzene rings is 3. The van der Waals surface area contributed by atoms with Gasteiger partial charge in [-0.25, -0.2) is 0 Å². The molecule has 120 valence electrons. The molecular weight excluding hydrogens is 278 g/mol. The van der Waals surface area contributed by atoms with Gasteiger partial charge in [0.2, 0.25) is 0 Å². The van der Waals surface area contributed by atoms with Gasteiger partial charge in [-0.2, -0.15) is 0 Å². The first kappa shape index (κ1) is 15.9. The minimum absolute atomic E-state index is 1.16. The van der Waals surface area contributed by atoms with Crippen LogP contribution in [0.25, 0.3) is 21.5 Å². The summed E-state index contributed by atoms with van der Waals surface area (Å²) >= 11 is 0. The molecule has 0 N–H and O–H groups in total. The van der Waals surface area contributed by atoms with E-state index in [9.17, 15) is 0 Å². The summed E-state index contributed by atoms with van der Waals surface area (Å²) in [7, 11) is 0. The summed E-state index contributed by atoms with van der Waals surface area (Å²) in [5, 5.41) is 5.39. The summed E-state index contributed by atoms with van der Waals surface area (Å²) in [4.78, 5) is 2.59. The standard InChI is InChI=1S/C22H27N/c1-3-5-14-23(15-6-4-2)22-13-9-12-20-16-18-10-7-8-11-19(18)17-21(20)22/h7-13,16-17H,3-6,14-15H2,1-2H3. The molecule has 0 spiro atoms. The Morgan fingerprint density at radius 2 is 1.30 bits per heavy atom. The molecule has 1 heteroatoms. The van der Waals surface area contributed by atoms with E-state index in [0.29, 0.717) is 0 Å². The smallest absolute Gasteiger partial charge is 0.0446 e. The summed E-state index contributed by atoms with van der Waals surface area (Å²) in [5.74, 6) is 0. The van der Waals surface area contributed by atoms with Gasteiger partial charge in [0, 0.05) is 24.2 Å². The van der Waals surface area contributed by atoms with Crippen LogP contribution in [0.5, 0.6) is 0 Å². The maximum Gasteiger partial charge on any atom is 0.0446 e. The minimum Gasteiger partial charge on any atom is -0.371 e. The van der Waals surface area contributed by atoms with Gasteiger partial charge in [0.25, 0.3) is 0 Å². The molecule has 0 fully saturated rings. The van der Waals surface area contributed by atoms with E-state index in [4.69, 9.17) is 0 Å². The molecule has 0 unspecified atom stereocenters. The average Bonchev–Trinajstić information content (AvgIpc) is 2.60. The lowest BCUT2D eigenvalue weighted by atomic mass is 10.0. The van der Waals surface area contributed by atoms with Gasteiger partial charge in [-0.1, -0.05) is 63.1 Å². The fourth-order valence-electron chi connectivity index (χ4n) is 3.28. The topological polar surface area (TPSA) is 3.24 Å². The Hall–Kier alpha value is -2.02. The molecule has 0 aliphatic heterocycles. The van der Waals surface area contributed by atoms with Crippen LogP contribution in [0.1, 0.15) is 39.5 Å². The zero-order valence-electron chi connectivity index (χ0n) is 14.4. The molecular formula is C22H27N. The molecule has 1 nitrogen and oxygen atoms in total. The Kier molecular flexibility index (Phi) is 5.17. The molecule has 0 bridgehead atoms. The molecule has 0 aromatic heterocycles. The predicted molar refractivity (Wildman–Crippen MR) is 103 cm³/mol. The van der Waals surface area contributed by atoms with Crippen LogP contribution in [0.4, 0.5) is 5.69 Å². The first-order valence-corrected chi connectivity index (χ1v) is 9.00. The highest BCUT2D eigenvalue weighted by atomic mass is 15.1. The Balaban J connectivity index is 2.08. The fraction of sp³-hybridized carbons (Fsp3) is 0.364. The van der Waals surface area contributed by atoms with Crippen molar-refractivity contribution in [1.29, 1.82) is 0 Å². The van der Waals surface area contributed by atoms with Crippen molar-refractivity contribution in [3.8, 4) is 0 Å². The van der Waals surface area contributed by atoms with Crippen molar-refractivity contribution in [3.05, 3.63) is 54.6 Å². The van der Waals surface area contributed by atoms with E-state index >= 15 is 0 Å². The molecule has 0 heterocycles. The van der Waals surface area contributed by atoms with Gasteiger partial charge in [0.15, 0.2) is 0 Å². The molecule has 0 saturated carbocycles. The summed E-state index contributed by atoms with van der Waals surface area (Å²) in [5.41, 5.74) is 1.40. The first-order valence-electron chi connectivity index (χ1n) is 9.00. The van der Waals surface area contributed by atoms with Gasteiger partial charge in [-0.3, -0.25) is 0 Å². The lowest BCUT2D eigenvalue weighted by molar-refractivity contribution is 0.679. The average molecular weight is 305 g/mol. The van der Waals surface area contributed by atoms with Gasteiger partial charge >= 0.3 is 0 Å². The third kappa shape index (κ3) is 3.50. The molecule has 0 aliphatic rings. The van der Waals surface area contributed by atoms with Crippen LogP contribution >= 0.6 is 0 Å². The highest BCUT2D eigenvalue weighted by Gasteiger charge is 2.10. The van der Waals surface area contributed by atoms with E-state index in [2.05, 4.69) is 73.3 Å². The predicted octanol–water partition coefficient (Wildman–Crippen LogP) is 6.40. The number of hydrogen-bond donors (Lipinski definition) is 0. The largest absolute Gasteiger partial charge is 0.371 e. The van der Waals surface area contributed by atoms with E-state index in [1.807, 2.05) is 0 Å². The van der Waals surface area contributed by atoms with Crippen molar-refractivity contribution in [3.63, 3.8) is 0 Å². The van der Waals surface area contributed by atoms with Gasteiger partial charge in [0.1, 0.15) is 0 Å². The second-order valence-corrected chi connectivity index (χ2v) is 6.39. The number of nitrogens with zero attached hydrogens (tertiary/aromatic N) is 1. The minimum atomic E-state index is 1.16. The summed E-state index contributed by atoms with van der Waals surface area (Å²) in [6.07, 6.45) is 5.01. The zero-order valence-corrected chi connectivity index (χ0v) is 14.4.